The van der Waals surface area contributed by atoms with Gasteiger partial charge >= 0.3 is 0 Å². The highest BCUT2D eigenvalue weighted by Gasteiger charge is 2.48. The molecule has 106 valence electrons. The average Bonchev–Trinajstić information content (AvgIpc) is 2.84. The van der Waals surface area contributed by atoms with E-state index in [1.165, 1.54) is 0 Å². The minimum atomic E-state index is -3.51. The molecule has 1 aliphatic carbocycles. The van der Waals surface area contributed by atoms with Crippen molar-refractivity contribution in [2.24, 2.45) is 5.41 Å². The largest absolute Gasteiger partial charge is 0.392 e. The number of aliphatic hydroxyl groups is 1. The van der Waals surface area contributed by atoms with Gasteiger partial charge in [-0.3, -0.25) is 0 Å². The van der Waals surface area contributed by atoms with E-state index in [0.717, 1.165) is 12.0 Å². The SMILES string of the molecule is Cc1cc(C)c(S(=O)(=O)NC2CC2(C)C)cc1CO. The minimum absolute atomic E-state index is 0.00998. The summed E-state index contributed by atoms with van der Waals surface area (Å²) < 4.78 is 27.5. The highest BCUT2D eigenvalue weighted by Crippen LogP contribution is 2.45. The molecule has 1 aromatic carbocycles. The van der Waals surface area contributed by atoms with E-state index in [0.29, 0.717) is 11.1 Å². The van der Waals surface area contributed by atoms with Gasteiger partial charge in [0.15, 0.2) is 0 Å². The summed E-state index contributed by atoms with van der Waals surface area (Å²) in [5.74, 6) is 0. The molecule has 2 rings (SSSR count). The maximum absolute atomic E-state index is 12.4. The lowest BCUT2D eigenvalue weighted by atomic mass is 10.1. The Labute approximate surface area is 114 Å². The van der Waals surface area contributed by atoms with E-state index in [9.17, 15) is 13.5 Å². The molecule has 1 aromatic rings. The summed E-state index contributed by atoms with van der Waals surface area (Å²) in [4.78, 5) is 0.268. The smallest absolute Gasteiger partial charge is 0.241 e. The molecule has 0 bridgehead atoms. The molecular formula is C14H21NO3S. The van der Waals surface area contributed by atoms with E-state index >= 15 is 0 Å². The van der Waals surface area contributed by atoms with Gasteiger partial charge in [-0.25, -0.2) is 13.1 Å². The summed E-state index contributed by atoms with van der Waals surface area (Å²) in [6, 6.07) is 3.39. The molecule has 2 N–H and O–H groups in total. The Morgan fingerprint density at radius 2 is 1.89 bits per heavy atom. The first-order valence-corrected chi connectivity index (χ1v) is 7.89. The van der Waals surface area contributed by atoms with Gasteiger partial charge < -0.3 is 5.11 Å². The predicted molar refractivity (Wildman–Crippen MR) is 74.3 cm³/mol. The van der Waals surface area contributed by atoms with Crippen LogP contribution in [0.4, 0.5) is 0 Å². The fraction of sp³-hybridized carbons (Fsp3) is 0.571. The van der Waals surface area contributed by atoms with Crippen molar-refractivity contribution in [2.75, 3.05) is 0 Å². The van der Waals surface area contributed by atoms with Crippen LogP contribution >= 0.6 is 0 Å². The summed E-state index contributed by atoms with van der Waals surface area (Å²) in [6.07, 6.45) is 0.865. The van der Waals surface area contributed by atoms with E-state index in [1.54, 1.807) is 19.1 Å². The predicted octanol–water partition coefficient (Wildman–Crippen LogP) is 1.87. The molecule has 1 saturated carbocycles. The topological polar surface area (TPSA) is 66.4 Å². The first kappa shape index (κ1) is 14.5. The first-order chi connectivity index (χ1) is 8.67. The van der Waals surface area contributed by atoms with Crippen LogP contribution < -0.4 is 4.72 Å². The molecule has 1 unspecified atom stereocenters. The normalized spacial score (nSPS) is 21.4. The third-order valence-corrected chi connectivity index (χ3v) is 5.52. The lowest BCUT2D eigenvalue weighted by Crippen LogP contribution is -2.29. The number of sulfonamides is 1. The Kier molecular flexibility index (Phi) is 3.49. The van der Waals surface area contributed by atoms with Crippen molar-refractivity contribution in [3.05, 3.63) is 28.8 Å². The van der Waals surface area contributed by atoms with Crippen LogP contribution in [-0.2, 0) is 16.6 Å². The number of rotatable bonds is 4. The van der Waals surface area contributed by atoms with Crippen LogP contribution in [0.3, 0.4) is 0 Å². The summed E-state index contributed by atoms with van der Waals surface area (Å²) >= 11 is 0. The van der Waals surface area contributed by atoms with E-state index in [4.69, 9.17) is 0 Å². The van der Waals surface area contributed by atoms with Gasteiger partial charge in [-0.05, 0) is 48.4 Å². The lowest BCUT2D eigenvalue weighted by molar-refractivity contribution is 0.280. The second kappa shape index (κ2) is 4.58. The van der Waals surface area contributed by atoms with Crippen LogP contribution in [0.1, 0.15) is 37.0 Å². The van der Waals surface area contributed by atoms with Gasteiger partial charge in [0.1, 0.15) is 0 Å². The number of hydrogen-bond acceptors (Lipinski definition) is 3. The van der Waals surface area contributed by atoms with Crippen molar-refractivity contribution < 1.29 is 13.5 Å². The maximum atomic E-state index is 12.4. The number of benzene rings is 1. The van der Waals surface area contributed by atoms with Crippen LogP contribution in [0.5, 0.6) is 0 Å². The van der Waals surface area contributed by atoms with Crippen LogP contribution in [-0.4, -0.2) is 19.6 Å². The summed E-state index contributed by atoms with van der Waals surface area (Å²) in [5, 5.41) is 9.26. The van der Waals surface area contributed by atoms with E-state index in [-0.39, 0.29) is 23.0 Å². The standard InChI is InChI=1S/C14H21NO3S/c1-9-5-10(2)12(6-11(9)8-16)19(17,18)15-13-7-14(13,3)4/h5-6,13,15-16H,7-8H2,1-4H3. The van der Waals surface area contributed by atoms with Crippen LogP contribution in [0, 0.1) is 19.3 Å². The van der Waals surface area contributed by atoms with Crippen molar-refractivity contribution >= 4 is 10.0 Å². The Morgan fingerprint density at radius 1 is 1.32 bits per heavy atom. The zero-order valence-electron chi connectivity index (χ0n) is 11.8. The number of aryl methyl sites for hydroxylation is 2. The van der Waals surface area contributed by atoms with Gasteiger partial charge in [-0.2, -0.15) is 0 Å². The van der Waals surface area contributed by atoms with Crippen molar-refractivity contribution in [1.82, 2.24) is 4.72 Å². The fourth-order valence-electron chi connectivity index (χ4n) is 2.25. The van der Waals surface area contributed by atoms with Gasteiger partial charge in [0.2, 0.25) is 10.0 Å². The Balaban J connectivity index is 2.35. The maximum Gasteiger partial charge on any atom is 0.241 e. The Morgan fingerprint density at radius 3 is 2.37 bits per heavy atom. The van der Waals surface area contributed by atoms with Crippen molar-refractivity contribution in [1.29, 1.82) is 0 Å². The van der Waals surface area contributed by atoms with Gasteiger partial charge in [0, 0.05) is 6.04 Å². The summed E-state index contributed by atoms with van der Waals surface area (Å²) in [7, 11) is -3.51. The van der Waals surface area contributed by atoms with Gasteiger partial charge in [0.05, 0.1) is 11.5 Å². The second-order valence-electron chi connectivity index (χ2n) is 6.07. The third kappa shape index (κ3) is 2.83. The molecule has 19 heavy (non-hydrogen) atoms. The first-order valence-electron chi connectivity index (χ1n) is 6.41. The molecular weight excluding hydrogens is 262 g/mol. The van der Waals surface area contributed by atoms with Crippen molar-refractivity contribution in [2.45, 2.75) is 51.7 Å². The Hall–Kier alpha value is -0.910. The molecule has 1 fully saturated rings. The van der Waals surface area contributed by atoms with Crippen LogP contribution in [0.2, 0.25) is 0 Å². The van der Waals surface area contributed by atoms with Gasteiger partial charge in [0.25, 0.3) is 0 Å². The molecule has 0 aliphatic heterocycles. The Bertz CT molecular complexity index is 605. The minimum Gasteiger partial charge on any atom is -0.392 e. The quantitative estimate of drug-likeness (QED) is 0.886. The fourth-order valence-corrected chi connectivity index (χ4v) is 3.94. The van der Waals surface area contributed by atoms with Crippen LogP contribution in [0.15, 0.2) is 17.0 Å². The molecule has 0 aromatic heterocycles. The summed E-state index contributed by atoms with van der Waals surface area (Å²) in [5.41, 5.74) is 2.32. The number of aliphatic hydroxyl groups excluding tert-OH is 1. The van der Waals surface area contributed by atoms with Crippen molar-refractivity contribution in [3.63, 3.8) is 0 Å². The molecule has 1 aliphatic rings. The van der Waals surface area contributed by atoms with Gasteiger partial charge in [-0.1, -0.05) is 19.9 Å². The molecule has 0 radical (unpaired) electrons. The number of nitrogens with one attached hydrogen (secondary N) is 1. The molecule has 0 heterocycles. The number of hydrogen-bond donors (Lipinski definition) is 2. The zero-order chi connectivity index (χ0) is 14.4. The third-order valence-electron chi connectivity index (χ3n) is 3.90. The van der Waals surface area contributed by atoms with E-state index < -0.39 is 10.0 Å². The highest BCUT2D eigenvalue weighted by atomic mass is 32.2. The van der Waals surface area contributed by atoms with E-state index in [1.807, 2.05) is 20.8 Å². The molecule has 0 spiro atoms. The van der Waals surface area contributed by atoms with Crippen LogP contribution in [0.25, 0.3) is 0 Å². The lowest BCUT2D eigenvalue weighted by Gasteiger charge is -2.13. The zero-order valence-corrected chi connectivity index (χ0v) is 12.6. The molecule has 0 saturated heterocycles. The average molecular weight is 283 g/mol. The van der Waals surface area contributed by atoms with Gasteiger partial charge in [-0.15, -0.1) is 0 Å². The van der Waals surface area contributed by atoms with Crippen molar-refractivity contribution in [3.8, 4) is 0 Å². The highest BCUT2D eigenvalue weighted by molar-refractivity contribution is 7.89. The molecule has 1 atom stereocenters. The summed E-state index contributed by atoms with van der Waals surface area (Å²) in [6.45, 7) is 7.58. The van der Waals surface area contributed by atoms with E-state index in [2.05, 4.69) is 4.72 Å². The monoisotopic (exact) mass is 283 g/mol. The molecule has 0 amide bonds. The second-order valence-corrected chi connectivity index (χ2v) is 7.75. The molecule has 4 nitrogen and oxygen atoms in total. The molecule has 5 heteroatoms.